The van der Waals surface area contributed by atoms with Gasteiger partial charge in [0.1, 0.15) is 6.04 Å². The Bertz CT molecular complexity index is 975. The number of carbonyl (C=O) groups is 1. The summed E-state index contributed by atoms with van der Waals surface area (Å²) in [5.74, 6) is 0.371. The zero-order chi connectivity index (χ0) is 19.4. The summed E-state index contributed by atoms with van der Waals surface area (Å²) < 4.78 is 7.38. The molecule has 0 fully saturated rings. The predicted octanol–water partition coefficient (Wildman–Crippen LogP) is 1.80. The van der Waals surface area contributed by atoms with Gasteiger partial charge in [0.15, 0.2) is 5.82 Å². The number of nitrogens with two attached hydrogens (primary N) is 1. The van der Waals surface area contributed by atoms with E-state index in [0.717, 1.165) is 5.56 Å². The zero-order valence-corrected chi connectivity index (χ0v) is 15.2. The molecule has 0 aliphatic carbocycles. The van der Waals surface area contributed by atoms with Crippen LogP contribution in [0.5, 0.6) is 0 Å². The Hall–Kier alpha value is -3.04. The third-order valence-electron chi connectivity index (χ3n) is 3.93. The minimum Gasteiger partial charge on any atom is -0.374 e. The first-order chi connectivity index (χ1) is 12.8. The van der Waals surface area contributed by atoms with E-state index in [4.69, 9.17) is 10.5 Å². The topological polar surface area (TPSA) is 127 Å². The van der Waals surface area contributed by atoms with Crippen molar-refractivity contribution in [2.45, 2.75) is 46.9 Å². The van der Waals surface area contributed by atoms with Gasteiger partial charge in [0.2, 0.25) is 11.7 Å². The minimum absolute atomic E-state index is 0. The molecule has 9 nitrogen and oxygen atoms in total. The molecule has 0 aliphatic rings. The molecule has 1 atom stereocenters. The van der Waals surface area contributed by atoms with E-state index in [1.54, 1.807) is 24.4 Å². The second-order valence-corrected chi connectivity index (χ2v) is 6.81. The molecule has 9 heteroatoms. The molecule has 3 rings (SSSR count). The maximum atomic E-state index is 12.4. The average Bonchev–Trinajstić information content (AvgIpc) is 3.03. The number of carbonyl (C=O) groups excluding carboxylic acids is 1. The van der Waals surface area contributed by atoms with E-state index in [-0.39, 0.29) is 38.7 Å². The highest BCUT2D eigenvalue weighted by Crippen LogP contribution is 2.14. The molecular weight excluding hydrogens is 372 g/mol. The monoisotopic (exact) mass is 402 g/mol. The molecule has 3 aromatic rings. The van der Waals surface area contributed by atoms with Gasteiger partial charge in [-0.05, 0) is 19.4 Å². The third-order valence-corrected chi connectivity index (χ3v) is 3.93. The lowest BCUT2D eigenvalue weighted by molar-refractivity contribution is -0.126. The summed E-state index contributed by atoms with van der Waals surface area (Å²) in [6, 6.07) is 10.5. The molecule has 0 saturated carbocycles. The van der Waals surface area contributed by atoms with Crippen molar-refractivity contribution in [3.8, 4) is 0 Å². The van der Waals surface area contributed by atoms with Crippen LogP contribution in [0.3, 0.4) is 0 Å². The van der Waals surface area contributed by atoms with Crippen molar-refractivity contribution in [3.63, 3.8) is 0 Å². The van der Waals surface area contributed by atoms with E-state index in [1.807, 2.05) is 30.3 Å². The summed E-state index contributed by atoms with van der Waals surface area (Å²) in [7, 11) is 0. The number of ether oxygens (including phenoxy) is 1. The Kier molecular flexibility index (Phi) is 8.23. The van der Waals surface area contributed by atoms with Crippen LogP contribution in [-0.4, -0.2) is 37.6 Å². The van der Waals surface area contributed by atoms with Crippen molar-refractivity contribution in [1.29, 1.82) is 0 Å². The van der Waals surface area contributed by atoms with Gasteiger partial charge in [-0.15, -0.1) is 10.2 Å². The lowest BCUT2D eigenvalue weighted by Gasteiger charge is -2.23. The standard InChI is InChI=1S/C18H22N6O3.2CH4/c1-18(2,19)16(26)20-13(11-27-10-12-6-4-3-5-7-12)15-22-23-17-21-14(25)8-9-24(15)17;;/h3-9,13H,10-11,19H2,1-2H3,(H,20,26)(H,21,23,25);2*1H4/t13-;;/m1../s1. The summed E-state index contributed by atoms with van der Waals surface area (Å²) in [5.41, 5.74) is 5.55. The van der Waals surface area contributed by atoms with E-state index in [1.165, 1.54) is 6.07 Å². The van der Waals surface area contributed by atoms with Crippen LogP contribution in [0.1, 0.15) is 46.1 Å². The molecule has 0 unspecified atom stereocenters. The number of hydrogen-bond donors (Lipinski definition) is 3. The quantitative estimate of drug-likeness (QED) is 0.553. The molecule has 1 amide bonds. The van der Waals surface area contributed by atoms with Crippen LogP contribution in [0.2, 0.25) is 0 Å². The van der Waals surface area contributed by atoms with E-state index in [0.29, 0.717) is 12.4 Å². The van der Waals surface area contributed by atoms with Gasteiger partial charge >= 0.3 is 0 Å². The molecule has 0 spiro atoms. The summed E-state index contributed by atoms with van der Waals surface area (Å²) in [5, 5.41) is 10.9. The van der Waals surface area contributed by atoms with Crippen LogP contribution in [-0.2, 0) is 16.1 Å². The molecule has 158 valence electrons. The second-order valence-electron chi connectivity index (χ2n) is 6.81. The number of fused-ring (bicyclic) bond motifs is 1. The number of rotatable bonds is 7. The molecule has 4 N–H and O–H groups in total. The highest BCUT2D eigenvalue weighted by molar-refractivity contribution is 5.85. The van der Waals surface area contributed by atoms with E-state index >= 15 is 0 Å². The Morgan fingerprint density at radius 3 is 2.59 bits per heavy atom. The molecule has 0 radical (unpaired) electrons. The van der Waals surface area contributed by atoms with Crippen molar-refractivity contribution in [2.75, 3.05) is 6.61 Å². The Balaban J connectivity index is 0.00000210. The lowest BCUT2D eigenvalue weighted by Crippen LogP contribution is -2.50. The average molecular weight is 402 g/mol. The van der Waals surface area contributed by atoms with Crippen LogP contribution in [0.25, 0.3) is 5.78 Å². The summed E-state index contributed by atoms with van der Waals surface area (Å²) >= 11 is 0. The number of nitrogens with zero attached hydrogens (tertiary/aromatic N) is 3. The van der Waals surface area contributed by atoms with Crippen LogP contribution in [0, 0.1) is 0 Å². The summed E-state index contributed by atoms with van der Waals surface area (Å²) in [4.78, 5) is 26.4. The van der Waals surface area contributed by atoms with Crippen molar-refractivity contribution < 1.29 is 9.53 Å². The van der Waals surface area contributed by atoms with Crippen molar-refractivity contribution in [3.05, 3.63) is 64.3 Å². The minimum atomic E-state index is -1.06. The van der Waals surface area contributed by atoms with Gasteiger partial charge in [-0.1, -0.05) is 45.2 Å². The van der Waals surface area contributed by atoms with Gasteiger partial charge in [-0.3, -0.25) is 19.0 Å². The Morgan fingerprint density at radius 2 is 1.93 bits per heavy atom. The molecule has 0 saturated heterocycles. The first kappa shape index (κ1) is 24.0. The van der Waals surface area contributed by atoms with Crippen LogP contribution in [0.4, 0.5) is 0 Å². The van der Waals surface area contributed by atoms with Gasteiger partial charge in [0.05, 0.1) is 18.8 Å². The molecule has 2 aromatic heterocycles. The second kappa shape index (κ2) is 9.94. The number of amides is 1. The van der Waals surface area contributed by atoms with Crippen molar-refractivity contribution in [1.82, 2.24) is 24.9 Å². The Morgan fingerprint density at radius 1 is 1.24 bits per heavy atom. The zero-order valence-electron chi connectivity index (χ0n) is 15.2. The predicted molar refractivity (Wildman–Crippen MR) is 112 cm³/mol. The fraction of sp³-hybridized carbons (Fsp3) is 0.400. The van der Waals surface area contributed by atoms with Crippen LogP contribution >= 0.6 is 0 Å². The van der Waals surface area contributed by atoms with Gasteiger partial charge in [-0.2, -0.15) is 0 Å². The number of benzene rings is 1. The third kappa shape index (κ3) is 5.97. The van der Waals surface area contributed by atoms with Crippen molar-refractivity contribution >= 4 is 11.7 Å². The molecule has 2 heterocycles. The van der Waals surface area contributed by atoms with Gasteiger partial charge in [0, 0.05) is 12.3 Å². The summed E-state index contributed by atoms with van der Waals surface area (Å²) in [6.45, 7) is 3.77. The first-order valence-electron chi connectivity index (χ1n) is 8.50. The fourth-order valence-corrected chi connectivity index (χ4v) is 2.46. The number of nitrogens with one attached hydrogen (secondary N) is 2. The number of hydrogen-bond acceptors (Lipinski definition) is 6. The Labute approximate surface area is 170 Å². The largest absolute Gasteiger partial charge is 0.374 e. The van der Waals surface area contributed by atoms with Gasteiger partial charge < -0.3 is 15.8 Å². The van der Waals surface area contributed by atoms with E-state index in [2.05, 4.69) is 20.5 Å². The molecule has 0 bridgehead atoms. The van der Waals surface area contributed by atoms with Crippen LogP contribution in [0.15, 0.2) is 47.4 Å². The number of aromatic nitrogens is 4. The van der Waals surface area contributed by atoms with E-state index < -0.39 is 11.6 Å². The fourth-order valence-electron chi connectivity index (χ4n) is 2.46. The highest BCUT2D eigenvalue weighted by Gasteiger charge is 2.28. The maximum Gasteiger partial charge on any atom is 0.252 e. The smallest absolute Gasteiger partial charge is 0.252 e. The molecule has 0 aliphatic heterocycles. The number of aromatic amines is 1. The maximum absolute atomic E-state index is 12.4. The summed E-state index contributed by atoms with van der Waals surface area (Å²) in [6.07, 6.45) is 1.55. The number of H-pyrrole nitrogens is 1. The first-order valence-corrected chi connectivity index (χ1v) is 8.50. The van der Waals surface area contributed by atoms with Crippen molar-refractivity contribution in [2.24, 2.45) is 5.73 Å². The van der Waals surface area contributed by atoms with Crippen LogP contribution < -0.4 is 16.6 Å². The van der Waals surface area contributed by atoms with Gasteiger partial charge in [-0.25, -0.2) is 0 Å². The molecular formula is C20H30N6O3. The van der Waals surface area contributed by atoms with E-state index in [9.17, 15) is 9.59 Å². The molecule has 29 heavy (non-hydrogen) atoms. The highest BCUT2D eigenvalue weighted by atomic mass is 16.5. The van der Waals surface area contributed by atoms with Gasteiger partial charge in [0.25, 0.3) is 5.56 Å². The normalized spacial score (nSPS) is 12.0. The lowest BCUT2D eigenvalue weighted by atomic mass is 10.1. The SMILES string of the molecule is C.C.CC(C)(N)C(=O)N[C@H](COCc1ccccc1)c1nnc2[nH]c(=O)ccn12. The molecule has 1 aromatic carbocycles.